The van der Waals surface area contributed by atoms with E-state index in [4.69, 9.17) is 4.42 Å². The van der Waals surface area contributed by atoms with Gasteiger partial charge in [0, 0.05) is 38.1 Å². The Morgan fingerprint density at radius 1 is 1.40 bits per heavy atom. The topological polar surface area (TPSA) is 77.7 Å². The smallest absolute Gasteiger partial charge is 0.315 e. The molecule has 0 spiro atoms. The normalized spacial score (nSPS) is 24.3. The summed E-state index contributed by atoms with van der Waals surface area (Å²) in [5.41, 5.74) is 0. The third-order valence-electron chi connectivity index (χ3n) is 5.42. The number of aliphatic hydroxyl groups excluding tert-OH is 1. The molecule has 0 aromatic carbocycles. The number of nitrogens with one attached hydrogen (secondary N) is 2. The number of carbonyl (C=O) groups is 1. The molecule has 6 nitrogen and oxygen atoms in total. The molecule has 3 atom stereocenters. The number of hydrogen-bond donors (Lipinski definition) is 3. The van der Waals surface area contributed by atoms with Crippen LogP contribution < -0.4 is 10.6 Å². The van der Waals surface area contributed by atoms with E-state index >= 15 is 0 Å². The molecular formula is C19H31N3O3. The third-order valence-corrected chi connectivity index (χ3v) is 5.42. The maximum atomic E-state index is 12.2. The molecular weight excluding hydrogens is 318 g/mol. The summed E-state index contributed by atoms with van der Waals surface area (Å²) >= 11 is 0. The van der Waals surface area contributed by atoms with Gasteiger partial charge in [0.2, 0.25) is 0 Å². The first-order valence-corrected chi connectivity index (χ1v) is 9.61. The molecule has 1 saturated carbocycles. The standard InChI is InChI=1S/C19H31N3O3/c1-14(11-17(23)18-7-4-10-25-18)20-19(24)21-16-8-9-22(13-16)12-15-5-2-3-6-15/h4,7,10,14-17,23H,2-3,5-6,8-9,11-13H2,1H3,(H2,20,21,24)/t14-,16-,17+/m1/s1. The van der Waals surface area contributed by atoms with E-state index in [0.29, 0.717) is 12.2 Å². The zero-order chi connectivity index (χ0) is 17.6. The van der Waals surface area contributed by atoms with Gasteiger partial charge in [-0.25, -0.2) is 4.79 Å². The molecule has 2 aliphatic rings. The lowest BCUT2D eigenvalue weighted by molar-refractivity contribution is 0.129. The van der Waals surface area contributed by atoms with E-state index in [-0.39, 0.29) is 18.1 Å². The Morgan fingerprint density at radius 3 is 2.92 bits per heavy atom. The molecule has 2 fully saturated rings. The molecule has 3 N–H and O–H groups in total. The van der Waals surface area contributed by atoms with Crippen molar-refractivity contribution in [3.63, 3.8) is 0 Å². The molecule has 25 heavy (non-hydrogen) atoms. The number of carbonyl (C=O) groups excluding carboxylic acids is 1. The van der Waals surface area contributed by atoms with Crippen molar-refractivity contribution < 1.29 is 14.3 Å². The number of hydrogen-bond acceptors (Lipinski definition) is 4. The van der Waals surface area contributed by atoms with Crippen LogP contribution in [0.25, 0.3) is 0 Å². The highest BCUT2D eigenvalue weighted by Crippen LogP contribution is 2.26. The lowest BCUT2D eigenvalue weighted by atomic mass is 10.1. The van der Waals surface area contributed by atoms with Crippen molar-refractivity contribution in [2.45, 2.75) is 63.6 Å². The molecule has 1 saturated heterocycles. The minimum absolute atomic E-state index is 0.129. The average molecular weight is 349 g/mol. The molecule has 2 heterocycles. The van der Waals surface area contributed by atoms with Crippen molar-refractivity contribution in [3.05, 3.63) is 24.2 Å². The molecule has 3 rings (SSSR count). The van der Waals surface area contributed by atoms with Gasteiger partial charge in [-0.05, 0) is 44.2 Å². The monoisotopic (exact) mass is 349 g/mol. The molecule has 1 aliphatic heterocycles. The first-order chi connectivity index (χ1) is 12.1. The zero-order valence-corrected chi connectivity index (χ0v) is 15.1. The van der Waals surface area contributed by atoms with E-state index in [1.165, 1.54) is 32.2 Å². The summed E-state index contributed by atoms with van der Waals surface area (Å²) in [6.07, 6.45) is 7.78. The number of amides is 2. The fourth-order valence-electron chi connectivity index (χ4n) is 4.12. The van der Waals surface area contributed by atoms with Gasteiger partial charge in [-0.2, -0.15) is 0 Å². The quantitative estimate of drug-likeness (QED) is 0.707. The van der Waals surface area contributed by atoms with Crippen molar-refractivity contribution in [2.75, 3.05) is 19.6 Å². The summed E-state index contributed by atoms with van der Waals surface area (Å²) in [7, 11) is 0. The maximum absolute atomic E-state index is 12.2. The summed E-state index contributed by atoms with van der Waals surface area (Å²) in [5.74, 6) is 1.39. The molecule has 1 aromatic heterocycles. The second-order valence-electron chi connectivity index (χ2n) is 7.68. The van der Waals surface area contributed by atoms with Crippen molar-refractivity contribution in [1.29, 1.82) is 0 Å². The number of nitrogens with zero attached hydrogens (tertiary/aromatic N) is 1. The van der Waals surface area contributed by atoms with Gasteiger partial charge in [0.15, 0.2) is 0 Å². The fourth-order valence-corrected chi connectivity index (χ4v) is 4.12. The van der Waals surface area contributed by atoms with Crippen LogP contribution in [0.1, 0.15) is 57.3 Å². The van der Waals surface area contributed by atoms with E-state index < -0.39 is 6.10 Å². The first-order valence-electron chi connectivity index (χ1n) is 9.61. The predicted molar refractivity (Wildman–Crippen MR) is 96.2 cm³/mol. The van der Waals surface area contributed by atoms with E-state index in [1.807, 2.05) is 6.92 Å². The molecule has 1 aromatic rings. The Hall–Kier alpha value is -1.53. The zero-order valence-electron chi connectivity index (χ0n) is 15.1. The lowest BCUT2D eigenvalue weighted by Gasteiger charge is -2.21. The average Bonchev–Trinajstić information content (AvgIpc) is 3.29. The van der Waals surface area contributed by atoms with Crippen LogP contribution in [-0.4, -0.2) is 47.8 Å². The van der Waals surface area contributed by atoms with Crippen LogP contribution in [0.3, 0.4) is 0 Å². The highest BCUT2D eigenvalue weighted by molar-refractivity contribution is 5.74. The van der Waals surface area contributed by atoms with Gasteiger partial charge in [0.05, 0.1) is 6.26 Å². The van der Waals surface area contributed by atoms with Crippen LogP contribution in [0.5, 0.6) is 0 Å². The second-order valence-corrected chi connectivity index (χ2v) is 7.68. The SMILES string of the molecule is C[C@H](C[C@H](O)c1ccco1)NC(=O)N[C@@H]1CCN(CC2CCCC2)C1. The third kappa shape index (κ3) is 5.47. The van der Waals surface area contributed by atoms with Gasteiger partial charge in [0.25, 0.3) is 0 Å². The second kappa shape index (κ2) is 8.72. The van der Waals surface area contributed by atoms with E-state index in [0.717, 1.165) is 25.4 Å². The molecule has 6 heteroatoms. The van der Waals surface area contributed by atoms with E-state index in [1.54, 1.807) is 18.4 Å². The summed E-state index contributed by atoms with van der Waals surface area (Å²) in [4.78, 5) is 14.7. The first kappa shape index (κ1) is 18.3. The largest absolute Gasteiger partial charge is 0.467 e. The van der Waals surface area contributed by atoms with Gasteiger partial charge < -0.3 is 25.1 Å². The number of rotatable bonds is 7. The van der Waals surface area contributed by atoms with Crippen LogP contribution in [0.2, 0.25) is 0 Å². The van der Waals surface area contributed by atoms with Crippen molar-refractivity contribution in [3.8, 4) is 0 Å². The van der Waals surface area contributed by atoms with Crippen LogP contribution in [0.4, 0.5) is 4.79 Å². The number of furan rings is 1. The van der Waals surface area contributed by atoms with Crippen LogP contribution in [0.15, 0.2) is 22.8 Å². The molecule has 0 bridgehead atoms. The fraction of sp³-hybridized carbons (Fsp3) is 0.737. The molecule has 0 unspecified atom stereocenters. The van der Waals surface area contributed by atoms with Gasteiger partial charge >= 0.3 is 6.03 Å². The Labute approximate surface area is 150 Å². The summed E-state index contributed by atoms with van der Waals surface area (Å²) in [5, 5.41) is 16.1. The Bertz CT molecular complexity index is 528. The van der Waals surface area contributed by atoms with E-state index in [9.17, 15) is 9.90 Å². The highest BCUT2D eigenvalue weighted by Gasteiger charge is 2.27. The molecule has 0 radical (unpaired) electrons. The lowest BCUT2D eigenvalue weighted by Crippen LogP contribution is -2.46. The van der Waals surface area contributed by atoms with Crippen molar-refractivity contribution in [1.82, 2.24) is 15.5 Å². The van der Waals surface area contributed by atoms with Crippen LogP contribution in [0, 0.1) is 5.92 Å². The Kier molecular flexibility index (Phi) is 6.37. The van der Waals surface area contributed by atoms with Gasteiger partial charge in [-0.3, -0.25) is 0 Å². The summed E-state index contributed by atoms with van der Waals surface area (Å²) < 4.78 is 5.19. The molecule has 1 aliphatic carbocycles. The van der Waals surface area contributed by atoms with Crippen LogP contribution >= 0.6 is 0 Å². The summed E-state index contributed by atoms with van der Waals surface area (Å²) in [6, 6.07) is 3.45. The molecule has 140 valence electrons. The van der Waals surface area contributed by atoms with E-state index in [2.05, 4.69) is 15.5 Å². The van der Waals surface area contributed by atoms with Crippen molar-refractivity contribution in [2.24, 2.45) is 5.92 Å². The van der Waals surface area contributed by atoms with Gasteiger partial charge in [-0.1, -0.05) is 12.8 Å². The minimum Gasteiger partial charge on any atom is -0.467 e. The maximum Gasteiger partial charge on any atom is 0.315 e. The van der Waals surface area contributed by atoms with Crippen molar-refractivity contribution >= 4 is 6.03 Å². The molecule has 2 amide bonds. The highest BCUT2D eigenvalue weighted by atomic mass is 16.4. The summed E-state index contributed by atoms with van der Waals surface area (Å²) in [6.45, 7) is 5.11. The number of likely N-dealkylation sites (tertiary alicyclic amines) is 1. The predicted octanol–water partition coefficient (Wildman–Crippen LogP) is 2.66. The van der Waals surface area contributed by atoms with Crippen LogP contribution in [-0.2, 0) is 0 Å². The number of urea groups is 1. The Morgan fingerprint density at radius 2 is 2.20 bits per heavy atom. The number of aliphatic hydroxyl groups is 1. The van der Waals surface area contributed by atoms with Gasteiger partial charge in [-0.15, -0.1) is 0 Å². The minimum atomic E-state index is -0.696. The Balaban J connectivity index is 1.34. The van der Waals surface area contributed by atoms with Gasteiger partial charge in [0.1, 0.15) is 11.9 Å².